The second-order valence-corrected chi connectivity index (χ2v) is 5.19. The van der Waals surface area contributed by atoms with Gasteiger partial charge >= 0.3 is 0 Å². The molecule has 1 heterocycles. The molecule has 0 spiro atoms. The summed E-state index contributed by atoms with van der Waals surface area (Å²) >= 11 is 0. The number of carbonyl (C=O) groups excluding carboxylic acids is 1. The summed E-state index contributed by atoms with van der Waals surface area (Å²) in [6.45, 7) is 0. The lowest BCUT2D eigenvalue weighted by molar-refractivity contribution is -0.699. The van der Waals surface area contributed by atoms with Crippen LogP contribution in [0.15, 0.2) is 85.2 Å². The van der Waals surface area contributed by atoms with Gasteiger partial charge in [-0.05, 0) is 0 Å². The monoisotopic (exact) mass is 299 g/mol. The van der Waals surface area contributed by atoms with Gasteiger partial charge < -0.3 is 0 Å². The number of hydrogen-bond donors (Lipinski definition) is 0. The van der Waals surface area contributed by atoms with Crippen molar-refractivity contribution < 1.29 is 9.36 Å². The average molecular weight is 299 g/mol. The molecule has 3 aromatic rings. The molecule has 1 unspecified atom stereocenters. The number of ketones is 1. The van der Waals surface area contributed by atoms with Gasteiger partial charge in [0.25, 0.3) is 0 Å². The molecular weight excluding hydrogens is 284 g/mol. The van der Waals surface area contributed by atoms with Crippen LogP contribution in [0.3, 0.4) is 0 Å². The van der Waals surface area contributed by atoms with Crippen LogP contribution in [0, 0.1) is 11.3 Å². The molecule has 0 aliphatic rings. The van der Waals surface area contributed by atoms with Gasteiger partial charge in [-0.25, -0.2) is 0 Å². The van der Waals surface area contributed by atoms with Crippen molar-refractivity contribution in [3.8, 4) is 6.07 Å². The standard InChI is InChI=1S/C20H15N2O/c21-15-16-11-13-22(14-12-16)19(17-7-3-1-4-8-17)20(23)18-9-5-2-6-10-18/h1-14,19H/q+1. The van der Waals surface area contributed by atoms with Gasteiger partial charge in [0.1, 0.15) is 0 Å². The first-order chi connectivity index (χ1) is 11.3. The molecule has 2 aromatic carbocycles. The van der Waals surface area contributed by atoms with E-state index in [0.717, 1.165) is 5.56 Å². The molecule has 3 nitrogen and oxygen atoms in total. The van der Waals surface area contributed by atoms with Crippen LogP contribution in [0.2, 0.25) is 0 Å². The van der Waals surface area contributed by atoms with Gasteiger partial charge in [-0.3, -0.25) is 4.79 Å². The van der Waals surface area contributed by atoms with Crippen molar-refractivity contribution in [2.45, 2.75) is 6.04 Å². The third kappa shape index (κ3) is 3.17. The van der Waals surface area contributed by atoms with E-state index in [4.69, 9.17) is 5.26 Å². The summed E-state index contributed by atoms with van der Waals surface area (Å²) in [6, 6.07) is 24.0. The summed E-state index contributed by atoms with van der Waals surface area (Å²) in [7, 11) is 0. The van der Waals surface area contributed by atoms with E-state index in [1.165, 1.54) is 0 Å². The van der Waals surface area contributed by atoms with Gasteiger partial charge in [-0.2, -0.15) is 9.83 Å². The Labute approximate surface area is 135 Å². The maximum atomic E-state index is 13.0. The summed E-state index contributed by atoms with van der Waals surface area (Å²) in [5.74, 6) is 0.0199. The van der Waals surface area contributed by atoms with Crippen molar-refractivity contribution in [3.05, 3.63) is 102 Å². The number of nitriles is 1. The Morgan fingerprint density at radius 3 is 2.00 bits per heavy atom. The van der Waals surface area contributed by atoms with E-state index in [-0.39, 0.29) is 5.78 Å². The molecule has 3 heteroatoms. The van der Waals surface area contributed by atoms with Gasteiger partial charge in [-0.1, -0.05) is 60.7 Å². The van der Waals surface area contributed by atoms with Crippen LogP contribution < -0.4 is 4.57 Å². The molecule has 0 saturated carbocycles. The van der Waals surface area contributed by atoms with E-state index in [2.05, 4.69) is 6.07 Å². The summed E-state index contributed by atoms with van der Waals surface area (Å²) in [4.78, 5) is 13.0. The maximum absolute atomic E-state index is 13.0. The number of carbonyl (C=O) groups is 1. The first-order valence-corrected chi connectivity index (χ1v) is 7.35. The van der Waals surface area contributed by atoms with Crippen LogP contribution in [-0.4, -0.2) is 5.78 Å². The lowest BCUT2D eigenvalue weighted by Crippen LogP contribution is -2.44. The highest BCUT2D eigenvalue weighted by Crippen LogP contribution is 2.18. The van der Waals surface area contributed by atoms with Crippen molar-refractivity contribution in [2.75, 3.05) is 0 Å². The van der Waals surface area contributed by atoms with Crippen LogP contribution >= 0.6 is 0 Å². The zero-order valence-corrected chi connectivity index (χ0v) is 12.5. The largest absolute Gasteiger partial charge is 0.286 e. The second-order valence-electron chi connectivity index (χ2n) is 5.19. The molecule has 0 radical (unpaired) electrons. The minimum Gasteiger partial charge on any atom is -0.286 e. The number of Topliss-reactive ketones (excluding diaryl/α,β-unsaturated/α-hetero) is 1. The highest BCUT2D eigenvalue weighted by molar-refractivity contribution is 5.99. The zero-order chi connectivity index (χ0) is 16.1. The molecule has 0 saturated heterocycles. The molecule has 23 heavy (non-hydrogen) atoms. The minimum atomic E-state index is -0.452. The Hall–Kier alpha value is -3.25. The topological polar surface area (TPSA) is 44.7 Å². The number of rotatable bonds is 4. The number of nitrogens with zero attached hydrogens (tertiary/aromatic N) is 2. The molecule has 3 rings (SSSR count). The smallest absolute Gasteiger partial charge is 0.245 e. The number of pyridine rings is 1. The second kappa shape index (κ2) is 6.67. The fourth-order valence-electron chi connectivity index (χ4n) is 2.54. The van der Waals surface area contributed by atoms with E-state index in [1.807, 2.05) is 65.2 Å². The van der Waals surface area contributed by atoms with Crippen molar-refractivity contribution in [3.63, 3.8) is 0 Å². The Morgan fingerprint density at radius 1 is 0.870 bits per heavy atom. The van der Waals surface area contributed by atoms with Crippen LogP contribution in [0.5, 0.6) is 0 Å². The summed E-state index contributed by atoms with van der Waals surface area (Å²) in [5, 5.41) is 8.95. The molecule has 1 atom stereocenters. The summed E-state index contributed by atoms with van der Waals surface area (Å²) in [6.07, 6.45) is 3.55. The zero-order valence-electron chi connectivity index (χ0n) is 12.5. The minimum absolute atomic E-state index is 0.0199. The van der Waals surface area contributed by atoms with Crippen LogP contribution in [0.1, 0.15) is 27.5 Å². The third-order valence-corrected chi connectivity index (χ3v) is 3.70. The van der Waals surface area contributed by atoms with Crippen molar-refractivity contribution >= 4 is 5.78 Å². The van der Waals surface area contributed by atoms with Crippen LogP contribution in [-0.2, 0) is 0 Å². The highest BCUT2D eigenvalue weighted by Gasteiger charge is 2.30. The average Bonchev–Trinajstić information content (AvgIpc) is 2.64. The van der Waals surface area contributed by atoms with Gasteiger partial charge in [0.05, 0.1) is 11.6 Å². The fraction of sp³-hybridized carbons (Fsp3) is 0.0500. The first kappa shape index (κ1) is 14.7. The molecule has 0 bridgehead atoms. The lowest BCUT2D eigenvalue weighted by atomic mass is 9.97. The fourth-order valence-corrected chi connectivity index (χ4v) is 2.54. The van der Waals surface area contributed by atoms with Crippen LogP contribution in [0.25, 0.3) is 0 Å². The number of aromatic nitrogens is 1. The Kier molecular flexibility index (Phi) is 4.26. The Bertz CT molecular complexity index is 834. The lowest BCUT2D eigenvalue weighted by Gasteiger charge is -2.12. The van der Waals surface area contributed by atoms with E-state index < -0.39 is 6.04 Å². The number of benzene rings is 2. The van der Waals surface area contributed by atoms with E-state index in [0.29, 0.717) is 11.1 Å². The molecule has 0 fully saturated rings. The van der Waals surface area contributed by atoms with E-state index >= 15 is 0 Å². The quantitative estimate of drug-likeness (QED) is 0.548. The summed E-state index contributed by atoms with van der Waals surface area (Å²) in [5.41, 5.74) is 2.15. The van der Waals surface area contributed by atoms with Gasteiger partial charge in [-0.15, -0.1) is 0 Å². The van der Waals surface area contributed by atoms with Crippen molar-refractivity contribution in [2.24, 2.45) is 0 Å². The molecule has 0 aliphatic carbocycles. The Morgan fingerprint density at radius 2 is 1.43 bits per heavy atom. The summed E-state index contributed by atoms with van der Waals surface area (Å²) < 4.78 is 1.84. The first-order valence-electron chi connectivity index (χ1n) is 7.35. The molecule has 0 N–H and O–H groups in total. The predicted molar refractivity (Wildman–Crippen MR) is 86.7 cm³/mol. The third-order valence-electron chi connectivity index (χ3n) is 3.70. The molecule has 1 aromatic heterocycles. The van der Waals surface area contributed by atoms with Crippen molar-refractivity contribution in [1.82, 2.24) is 0 Å². The molecule has 110 valence electrons. The van der Waals surface area contributed by atoms with E-state index in [9.17, 15) is 4.79 Å². The molecule has 0 aliphatic heterocycles. The van der Waals surface area contributed by atoms with Gasteiger partial charge in [0.15, 0.2) is 12.4 Å². The van der Waals surface area contributed by atoms with Gasteiger partial charge in [0.2, 0.25) is 11.8 Å². The van der Waals surface area contributed by atoms with Gasteiger partial charge in [0, 0.05) is 23.3 Å². The molecule has 0 amide bonds. The highest BCUT2D eigenvalue weighted by atomic mass is 16.1. The Balaban J connectivity index is 2.07. The SMILES string of the molecule is N#Cc1cc[n+](C(C(=O)c2ccccc2)c2ccccc2)cc1. The number of hydrogen-bond acceptors (Lipinski definition) is 2. The van der Waals surface area contributed by atoms with Crippen LogP contribution in [0.4, 0.5) is 0 Å². The normalized spacial score (nSPS) is 11.4. The molecular formula is C20H15N2O+. The predicted octanol–water partition coefficient (Wildman–Crippen LogP) is 3.32. The maximum Gasteiger partial charge on any atom is 0.245 e. The van der Waals surface area contributed by atoms with Crippen molar-refractivity contribution in [1.29, 1.82) is 5.26 Å². The van der Waals surface area contributed by atoms with E-state index in [1.54, 1.807) is 24.5 Å².